The molecule has 0 saturated carbocycles. The van der Waals surface area contributed by atoms with Gasteiger partial charge in [-0.1, -0.05) is 32.8 Å². The predicted molar refractivity (Wildman–Crippen MR) is 73.2 cm³/mol. The molecule has 0 amide bonds. The summed E-state index contributed by atoms with van der Waals surface area (Å²) in [5, 5.41) is 10.4. The second kappa shape index (κ2) is 7.27. The molecule has 1 N–H and O–H groups in total. The molecular weight excluding hydrogens is 228 g/mol. The minimum absolute atomic E-state index is 0.523. The van der Waals surface area contributed by atoms with E-state index < -0.39 is 6.10 Å². The third-order valence-electron chi connectivity index (χ3n) is 3.51. The summed E-state index contributed by atoms with van der Waals surface area (Å²) < 4.78 is 10.6. The van der Waals surface area contributed by atoms with E-state index in [-0.39, 0.29) is 0 Å². The fourth-order valence-electron chi connectivity index (χ4n) is 2.26. The molecule has 0 radical (unpaired) electrons. The molecule has 18 heavy (non-hydrogen) atoms. The first-order chi connectivity index (χ1) is 8.67. The molecule has 3 heteroatoms. The molecule has 0 saturated heterocycles. The highest BCUT2D eigenvalue weighted by Gasteiger charge is 2.21. The zero-order valence-electron chi connectivity index (χ0n) is 11.8. The van der Waals surface area contributed by atoms with Gasteiger partial charge >= 0.3 is 0 Å². The fourth-order valence-corrected chi connectivity index (χ4v) is 2.26. The van der Waals surface area contributed by atoms with Crippen molar-refractivity contribution in [1.29, 1.82) is 0 Å². The van der Waals surface area contributed by atoms with Crippen LogP contribution in [0.1, 0.15) is 44.8 Å². The Morgan fingerprint density at radius 1 is 1.06 bits per heavy atom. The van der Waals surface area contributed by atoms with Crippen molar-refractivity contribution in [3.05, 3.63) is 23.8 Å². The van der Waals surface area contributed by atoms with Crippen molar-refractivity contribution in [3.63, 3.8) is 0 Å². The van der Waals surface area contributed by atoms with Crippen molar-refractivity contribution in [2.45, 2.75) is 39.2 Å². The Balaban J connectivity index is 2.98. The SMILES string of the molecule is CCC(CC)CC(O)c1c(OC)cccc1OC. The first-order valence-corrected chi connectivity index (χ1v) is 6.56. The lowest BCUT2D eigenvalue weighted by Crippen LogP contribution is -2.09. The van der Waals surface area contributed by atoms with E-state index in [1.807, 2.05) is 18.2 Å². The number of hydrogen-bond donors (Lipinski definition) is 1. The van der Waals surface area contributed by atoms with Gasteiger partial charge in [0.2, 0.25) is 0 Å². The summed E-state index contributed by atoms with van der Waals surface area (Å²) in [5.74, 6) is 1.90. The Bertz CT molecular complexity index is 337. The third kappa shape index (κ3) is 3.39. The van der Waals surface area contributed by atoms with E-state index in [1.165, 1.54) is 0 Å². The molecular formula is C15H24O3. The van der Waals surface area contributed by atoms with E-state index in [9.17, 15) is 5.11 Å². The molecule has 1 atom stereocenters. The number of aliphatic hydroxyl groups is 1. The molecule has 1 unspecified atom stereocenters. The maximum absolute atomic E-state index is 10.4. The van der Waals surface area contributed by atoms with Crippen molar-refractivity contribution in [3.8, 4) is 11.5 Å². The van der Waals surface area contributed by atoms with Crippen LogP contribution in [0.15, 0.2) is 18.2 Å². The van der Waals surface area contributed by atoms with Gasteiger partial charge in [0.15, 0.2) is 0 Å². The number of hydrogen-bond acceptors (Lipinski definition) is 3. The maximum atomic E-state index is 10.4. The molecule has 0 aliphatic heterocycles. The minimum atomic E-state index is -0.541. The molecule has 0 heterocycles. The average molecular weight is 252 g/mol. The van der Waals surface area contributed by atoms with Crippen molar-refractivity contribution in [1.82, 2.24) is 0 Å². The van der Waals surface area contributed by atoms with Crippen LogP contribution in [0, 0.1) is 5.92 Å². The average Bonchev–Trinajstić information content (AvgIpc) is 2.43. The Hall–Kier alpha value is -1.22. The summed E-state index contributed by atoms with van der Waals surface area (Å²) in [5.41, 5.74) is 0.759. The minimum Gasteiger partial charge on any atom is -0.496 e. The van der Waals surface area contributed by atoms with E-state index in [4.69, 9.17) is 9.47 Å². The van der Waals surface area contributed by atoms with Gasteiger partial charge in [0, 0.05) is 0 Å². The lowest BCUT2D eigenvalue weighted by atomic mass is 9.92. The Morgan fingerprint density at radius 2 is 1.56 bits per heavy atom. The first kappa shape index (κ1) is 14.8. The maximum Gasteiger partial charge on any atom is 0.128 e. The molecule has 0 spiro atoms. The number of methoxy groups -OCH3 is 2. The number of rotatable bonds is 7. The van der Waals surface area contributed by atoms with Gasteiger partial charge in [-0.05, 0) is 24.5 Å². The monoisotopic (exact) mass is 252 g/mol. The Morgan fingerprint density at radius 3 is 1.94 bits per heavy atom. The topological polar surface area (TPSA) is 38.7 Å². The van der Waals surface area contributed by atoms with Gasteiger partial charge < -0.3 is 14.6 Å². The van der Waals surface area contributed by atoms with Crippen molar-refractivity contribution >= 4 is 0 Å². The van der Waals surface area contributed by atoms with Gasteiger partial charge in [-0.2, -0.15) is 0 Å². The molecule has 1 rings (SSSR count). The smallest absolute Gasteiger partial charge is 0.128 e. The van der Waals surface area contributed by atoms with Gasteiger partial charge in [0.1, 0.15) is 11.5 Å². The Kier molecular flexibility index (Phi) is 5.99. The summed E-state index contributed by atoms with van der Waals surface area (Å²) in [6.45, 7) is 4.31. The molecule has 0 aliphatic carbocycles. The summed E-state index contributed by atoms with van der Waals surface area (Å²) in [6.07, 6.45) is 2.35. The molecule has 0 aliphatic rings. The van der Waals surface area contributed by atoms with Crippen molar-refractivity contribution in [2.75, 3.05) is 14.2 Å². The van der Waals surface area contributed by atoms with Crippen LogP contribution in [0.5, 0.6) is 11.5 Å². The van der Waals surface area contributed by atoms with E-state index in [0.717, 1.165) is 24.8 Å². The van der Waals surface area contributed by atoms with Crippen LogP contribution in [0.25, 0.3) is 0 Å². The van der Waals surface area contributed by atoms with Crippen LogP contribution < -0.4 is 9.47 Å². The van der Waals surface area contributed by atoms with Gasteiger partial charge in [0.05, 0.1) is 25.9 Å². The molecule has 1 aromatic rings. The third-order valence-corrected chi connectivity index (χ3v) is 3.51. The molecule has 0 bridgehead atoms. The first-order valence-electron chi connectivity index (χ1n) is 6.56. The van der Waals surface area contributed by atoms with Crippen molar-refractivity contribution < 1.29 is 14.6 Å². The molecule has 3 nitrogen and oxygen atoms in total. The number of ether oxygens (including phenoxy) is 2. The van der Waals surface area contributed by atoms with Crippen LogP contribution in [0.3, 0.4) is 0 Å². The van der Waals surface area contributed by atoms with Gasteiger partial charge in [0.25, 0.3) is 0 Å². The Labute approximate surface area is 110 Å². The summed E-state index contributed by atoms with van der Waals surface area (Å²) in [4.78, 5) is 0. The number of benzene rings is 1. The largest absolute Gasteiger partial charge is 0.496 e. The summed E-state index contributed by atoms with van der Waals surface area (Å²) in [7, 11) is 3.23. The summed E-state index contributed by atoms with van der Waals surface area (Å²) >= 11 is 0. The van der Waals surface area contributed by atoms with Crippen molar-refractivity contribution in [2.24, 2.45) is 5.92 Å². The standard InChI is InChI=1S/C15H24O3/c1-5-11(6-2)10-12(16)15-13(17-3)8-7-9-14(15)18-4/h7-9,11-12,16H,5-6,10H2,1-4H3. The van der Waals surface area contributed by atoms with Gasteiger partial charge in [-0.15, -0.1) is 0 Å². The van der Waals surface area contributed by atoms with E-state index in [2.05, 4.69) is 13.8 Å². The quantitative estimate of drug-likeness (QED) is 0.806. The molecule has 1 aromatic carbocycles. The second-order valence-corrected chi connectivity index (χ2v) is 4.51. The lowest BCUT2D eigenvalue weighted by Gasteiger charge is -2.21. The van der Waals surface area contributed by atoms with E-state index in [0.29, 0.717) is 17.4 Å². The van der Waals surface area contributed by atoms with Crippen LogP contribution >= 0.6 is 0 Å². The van der Waals surface area contributed by atoms with Gasteiger partial charge in [-0.3, -0.25) is 0 Å². The highest BCUT2D eigenvalue weighted by molar-refractivity contribution is 5.46. The molecule has 0 fully saturated rings. The second-order valence-electron chi connectivity index (χ2n) is 4.51. The van der Waals surface area contributed by atoms with E-state index >= 15 is 0 Å². The van der Waals surface area contributed by atoms with Crippen LogP contribution in [-0.4, -0.2) is 19.3 Å². The molecule has 102 valence electrons. The van der Waals surface area contributed by atoms with Crippen LogP contribution in [0.2, 0.25) is 0 Å². The van der Waals surface area contributed by atoms with Crippen LogP contribution in [-0.2, 0) is 0 Å². The highest BCUT2D eigenvalue weighted by Crippen LogP contribution is 2.37. The predicted octanol–water partition coefficient (Wildman–Crippen LogP) is 3.56. The molecule has 0 aromatic heterocycles. The lowest BCUT2D eigenvalue weighted by molar-refractivity contribution is 0.134. The van der Waals surface area contributed by atoms with Crippen LogP contribution in [0.4, 0.5) is 0 Å². The normalized spacial score (nSPS) is 12.6. The number of aliphatic hydroxyl groups excluding tert-OH is 1. The highest BCUT2D eigenvalue weighted by atomic mass is 16.5. The van der Waals surface area contributed by atoms with Gasteiger partial charge in [-0.25, -0.2) is 0 Å². The van der Waals surface area contributed by atoms with E-state index in [1.54, 1.807) is 14.2 Å². The fraction of sp³-hybridized carbons (Fsp3) is 0.600. The zero-order chi connectivity index (χ0) is 13.5. The summed E-state index contributed by atoms with van der Waals surface area (Å²) in [6, 6.07) is 5.58. The zero-order valence-corrected chi connectivity index (χ0v) is 11.8.